The summed E-state index contributed by atoms with van der Waals surface area (Å²) in [6.07, 6.45) is 7.11. The fraction of sp³-hybridized carbons (Fsp3) is 0.407. The van der Waals surface area contributed by atoms with Crippen LogP contribution >= 0.6 is 0 Å². The summed E-state index contributed by atoms with van der Waals surface area (Å²) in [5.74, 6) is 1.79. The summed E-state index contributed by atoms with van der Waals surface area (Å²) in [5.41, 5.74) is 14.4. The smallest absolute Gasteiger partial charge is 0.183 e. The van der Waals surface area contributed by atoms with Crippen molar-refractivity contribution >= 4 is 28.5 Å². The predicted octanol–water partition coefficient (Wildman–Crippen LogP) is 3.98. The molecule has 7 rings (SSSR count). The van der Waals surface area contributed by atoms with Crippen molar-refractivity contribution in [2.75, 3.05) is 29.4 Å². The molecule has 1 aliphatic carbocycles. The maximum atomic E-state index is 6.78. The Kier molecular flexibility index (Phi) is 4.61. The van der Waals surface area contributed by atoms with Gasteiger partial charge in [0.05, 0.1) is 17.1 Å². The number of pyridine rings is 1. The second kappa shape index (κ2) is 7.75. The second-order valence-corrected chi connectivity index (χ2v) is 10.3. The van der Waals surface area contributed by atoms with Crippen molar-refractivity contribution in [1.82, 2.24) is 25.1 Å². The van der Waals surface area contributed by atoms with Gasteiger partial charge in [-0.1, -0.05) is 24.3 Å². The maximum Gasteiger partial charge on any atom is 0.183 e. The Balaban J connectivity index is 1.16. The number of rotatable bonds is 2. The number of piperidine rings is 1. The van der Waals surface area contributed by atoms with Crippen molar-refractivity contribution in [3.8, 4) is 0 Å². The fourth-order valence-electron chi connectivity index (χ4n) is 6.47. The van der Waals surface area contributed by atoms with Crippen LogP contribution in [-0.2, 0) is 12.8 Å². The Morgan fingerprint density at radius 1 is 1.03 bits per heavy atom. The van der Waals surface area contributed by atoms with Crippen LogP contribution in [0.4, 0.5) is 17.3 Å². The van der Waals surface area contributed by atoms with Crippen LogP contribution in [0.1, 0.15) is 47.8 Å². The quantitative estimate of drug-likeness (QED) is 0.461. The Hall–Kier alpha value is -3.52. The molecule has 5 heterocycles. The molecule has 1 atom stereocenters. The molecule has 178 valence electrons. The lowest BCUT2D eigenvalue weighted by Gasteiger charge is -2.42. The van der Waals surface area contributed by atoms with Gasteiger partial charge in [-0.3, -0.25) is 10.1 Å². The zero-order chi connectivity index (χ0) is 23.6. The van der Waals surface area contributed by atoms with Gasteiger partial charge < -0.3 is 15.5 Å². The highest BCUT2D eigenvalue weighted by Crippen LogP contribution is 2.51. The zero-order valence-corrected chi connectivity index (χ0v) is 20.0. The van der Waals surface area contributed by atoms with Crippen molar-refractivity contribution in [2.24, 2.45) is 11.1 Å². The third-order valence-electron chi connectivity index (χ3n) is 8.38. The summed E-state index contributed by atoms with van der Waals surface area (Å²) in [5, 5.41) is 7.81. The molecule has 0 radical (unpaired) electrons. The molecule has 0 amide bonds. The minimum atomic E-state index is 0.118. The third kappa shape index (κ3) is 3.16. The monoisotopic (exact) mass is 466 g/mol. The summed E-state index contributed by atoms with van der Waals surface area (Å²) in [4.78, 5) is 19.2. The number of hydrogen-bond acceptors (Lipinski definition) is 7. The molecule has 1 aromatic carbocycles. The van der Waals surface area contributed by atoms with Gasteiger partial charge in [-0.25, -0.2) is 9.97 Å². The van der Waals surface area contributed by atoms with Gasteiger partial charge in [0.25, 0.3) is 0 Å². The van der Waals surface area contributed by atoms with E-state index in [-0.39, 0.29) is 11.5 Å². The van der Waals surface area contributed by atoms with E-state index in [1.165, 1.54) is 11.1 Å². The summed E-state index contributed by atoms with van der Waals surface area (Å²) in [6.45, 7) is 4.84. The van der Waals surface area contributed by atoms with E-state index in [0.29, 0.717) is 0 Å². The molecule has 3 N–H and O–H groups in total. The number of benzene rings is 1. The Morgan fingerprint density at radius 2 is 1.89 bits per heavy atom. The van der Waals surface area contributed by atoms with E-state index in [1.54, 1.807) is 0 Å². The SMILES string of the molecule is Cc1nc2c(N3CCCc4ncccc43)n[nH]c2nc1N1CCC2(CC1)Cc1ccccc1[C@H]2N. The van der Waals surface area contributed by atoms with Gasteiger partial charge in [0.2, 0.25) is 0 Å². The van der Waals surface area contributed by atoms with E-state index in [9.17, 15) is 0 Å². The van der Waals surface area contributed by atoms with E-state index in [2.05, 4.69) is 62.2 Å². The van der Waals surface area contributed by atoms with Crippen LogP contribution in [-0.4, -0.2) is 44.8 Å². The highest BCUT2D eigenvalue weighted by Gasteiger charge is 2.46. The minimum absolute atomic E-state index is 0.118. The van der Waals surface area contributed by atoms with Gasteiger partial charge in [-0.15, -0.1) is 0 Å². The Bertz CT molecular complexity index is 1420. The van der Waals surface area contributed by atoms with Gasteiger partial charge in [0.1, 0.15) is 0 Å². The number of nitrogens with two attached hydrogens (primary N) is 1. The van der Waals surface area contributed by atoms with Crippen molar-refractivity contribution in [1.29, 1.82) is 0 Å². The fourth-order valence-corrected chi connectivity index (χ4v) is 6.47. The van der Waals surface area contributed by atoms with Crippen molar-refractivity contribution in [2.45, 2.75) is 45.1 Å². The maximum absolute atomic E-state index is 6.78. The highest BCUT2D eigenvalue weighted by molar-refractivity contribution is 5.88. The molecule has 2 aliphatic heterocycles. The molecular weight excluding hydrogens is 436 g/mol. The largest absolute Gasteiger partial charge is 0.355 e. The van der Waals surface area contributed by atoms with Gasteiger partial charge in [-0.05, 0) is 67.7 Å². The average Bonchev–Trinajstić information content (AvgIpc) is 3.42. The van der Waals surface area contributed by atoms with E-state index in [4.69, 9.17) is 15.7 Å². The molecule has 3 aliphatic rings. The number of H-pyrrole nitrogens is 1. The van der Waals surface area contributed by atoms with Gasteiger partial charge in [0.15, 0.2) is 22.8 Å². The van der Waals surface area contributed by atoms with E-state index in [0.717, 1.165) is 91.6 Å². The number of anilines is 3. The van der Waals surface area contributed by atoms with E-state index in [1.807, 2.05) is 12.3 Å². The molecule has 8 heteroatoms. The van der Waals surface area contributed by atoms with Crippen molar-refractivity contribution in [3.63, 3.8) is 0 Å². The van der Waals surface area contributed by atoms with Crippen LogP contribution in [0.15, 0.2) is 42.6 Å². The molecular formula is C27H30N8. The molecule has 4 aromatic rings. The molecule has 0 bridgehead atoms. The first-order chi connectivity index (χ1) is 17.1. The second-order valence-electron chi connectivity index (χ2n) is 10.3. The zero-order valence-electron chi connectivity index (χ0n) is 20.0. The molecule has 8 nitrogen and oxygen atoms in total. The first kappa shape index (κ1) is 20.8. The van der Waals surface area contributed by atoms with Gasteiger partial charge in [0, 0.05) is 31.9 Å². The minimum Gasteiger partial charge on any atom is -0.355 e. The molecule has 35 heavy (non-hydrogen) atoms. The first-order valence-corrected chi connectivity index (χ1v) is 12.7. The number of fused-ring (bicyclic) bond motifs is 3. The summed E-state index contributed by atoms with van der Waals surface area (Å²) in [6, 6.07) is 12.9. The lowest BCUT2D eigenvalue weighted by atomic mass is 9.73. The number of aryl methyl sites for hydroxylation is 2. The first-order valence-electron chi connectivity index (χ1n) is 12.7. The lowest BCUT2D eigenvalue weighted by Crippen LogP contribution is -2.44. The van der Waals surface area contributed by atoms with Crippen LogP contribution in [0.2, 0.25) is 0 Å². The molecule has 3 aromatic heterocycles. The summed E-state index contributed by atoms with van der Waals surface area (Å²) in [7, 11) is 0. The third-order valence-corrected chi connectivity index (χ3v) is 8.38. The average molecular weight is 467 g/mol. The number of nitrogens with one attached hydrogen (secondary N) is 1. The van der Waals surface area contributed by atoms with E-state index < -0.39 is 0 Å². The van der Waals surface area contributed by atoms with Gasteiger partial charge >= 0.3 is 0 Å². The Labute approximate surface area is 204 Å². The number of nitrogens with zero attached hydrogens (tertiary/aromatic N) is 6. The lowest BCUT2D eigenvalue weighted by molar-refractivity contribution is 0.187. The molecule has 0 saturated carbocycles. The summed E-state index contributed by atoms with van der Waals surface area (Å²) >= 11 is 0. The molecule has 1 spiro atoms. The molecule has 1 fully saturated rings. The molecule has 1 saturated heterocycles. The van der Waals surface area contributed by atoms with Crippen molar-refractivity contribution < 1.29 is 0 Å². The van der Waals surface area contributed by atoms with E-state index >= 15 is 0 Å². The topological polar surface area (TPSA) is 99.8 Å². The van der Waals surface area contributed by atoms with Crippen LogP contribution in [0.5, 0.6) is 0 Å². The standard InChI is InChI=1S/C27H30N8/c1-17-25(34-14-10-27(11-15-34)16-18-6-2-3-7-19(18)23(27)28)31-24-22(30-17)26(33-32-24)35-13-5-8-20-21(35)9-4-12-29-20/h2-4,6-7,9,12,23H,5,8,10-11,13-16,28H2,1H3,(H,31,32,33)/t23-/m1/s1. The molecule has 0 unspecified atom stereocenters. The van der Waals surface area contributed by atoms with Crippen molar-refractivity contribution in [3.05, 3.63) is 65.1 Å². The van der Waals surface area contributed by atoms with Crippen LogP contribution in [0, 0.1) is 12.3 Å². The van der Waals surface area contributed by atoms with Crippen LogP contribution < -0.4 is 15.5 Å². The van der Waals surface area contributed by atoms with Crippen LogP contribution in [0.25, 0.3) is 11.2 Å². The highest BCUT2D eigenvalue weighted by atomic mass is 15.3. The van der Waals surface area contributed by atoms with Crippen LogP contribution in [0.3, 0.4) is 0 Å². The number of aromatic nitrogens is 5. The Morgan fingerprint density at radius 3 is 2.74 bits per heavy atom. The number of aromatic amines is 1. The normalized spacial score (nSPS) is 20.9. The summed E-state index contributed by atoms with van der Waals surface area (Å²) < 4.78 is 0. The van der Waals surface area contributed by atoms with Gasteiger partial charge in [-0.2, -0.15) is 5.10 Å². The predicted molar refractivity (Wildman–Crippen MR) is 137 cm³/mol. The number of hydrogen-bond donors (Lipinski definition) is 2.